The van der Waals surface area contributed by atoms with Gasteiger partial charge < -0.3 is 4.74 Å². The largest absolute Gasteiger partial charge is 0.483 e. The Labute approximate surface area is 171 Å². The number of nitrogens with one attached hydrogen (secondary N) is 1. The Kier molecular flexibility index (Phi) is 6.29. The molecule has 0 saturated carbocycles. The standard InChI is InChI=1S/C21H21BrN2O2S/c1-4-15-10-17(22)7-8-19(15)26-11-20(25)24-21-23-18(12-27-21)16-6-5-13(2)14(3)9-16/h5-10,12H,4,11H2,1-3H3,(H,23,24,25). The van der Waals surface area contributed by atoms with Crippen LogP contribution in [0.5, 0.6) is 5.75 Å². The molecule has 140 valence electrons. The maximum Gasteiger partial charge on any atom is 0.264 e. The number of ether oxygens (including phenoxy) is 1. The van der Waals surface area contributed by atoms with Gasteiger partial charge in [0, 0.05) is 15.4 Å². The fraction of sp³-hybridized carbons (Fsp3) is 0.238. The Morgan fingerprint density at radius 3 is 2.74 bits per heavy atom. The number of amides is 1. The van der Waals surface area contributed by atoms with Gasteiger partial charge in [0.2, 0.25) is 0 Å². The van der Waals surface area contributed by atoms with E-state index in [2.05, 4.69) is 59.1 Å². The zero-order valence-electron chi connectivity index (χ0n) is 15.5. The summed E-state index contributed by atoms with van der Waals surface area (Å²) in [4.78, 5) is 16.7. The van der Waals surface area contributed by atoms with Gasteiger partial charge in [-0.25, -0.2) is 4.98 Å². The molecule has 0 aliphatic carbocycles. The number of halogens is 1. The van der Waals surface area contributed by atoms with Gasteiger partial charge in [-0.3, -0.25) is 10.1 Å². The second-order valence-electron chi connectivity index (χ2n) is 6.28. The molecule has 1 heterocycles. The van der Waals surface area contributed by atoms with Gasteiger partial charge in [-0.15, -0.1) is 11.3 Å². The molecule has 27 heavy (non-hydrogen) atoms. The van der Waals surface area contributed by atoms with Crippen LogP contribution in [0.2, 0.25) is 0 Å². The predicted molar refractivity (Wildman–Crippen MR) is 115 cm³/mol. The van der Waals surface area contributed by atoms with Crippen molar-refractivity contribution in [2.24, 2.45) is 0 Å². The minimum Gasteiger partial charge on any atom is -0.483 e. The molecule has 0 bridgehead atoms. The fourth-order valence-electron chi connectivity index (χ4n) is 2.63. The van der Waals surface area contributed by atoms with Crippen LogP contribution in [0.15, 0.2) is 46.3 Å². The van der Waals surface area contributed by atoms with E-state index in [1.807, 2.05) is 29.6 Å². The highest BCUT2D eigenvalue weighted by atomic mass is 79.9. The van der Waals surface area contributed by atoms with Gasteiger partial charge in [0.1, 0.15) is 5.75 Å². The van der Waals surface area contributed by atoms with Crippen LogP contribution in [0.4, 0.5) is 5.13 Å². The Bertz CT molecular complexity index is 969. The van der Waals surface area contributed by atoms with Crippen LogP contribution in [-0.2, 0) is 11.2 Å². The van der Waals surface area contributed by atoms with Crippen molar-refractivity contribution in [3.63, 3.8) is 0 Å². The van der Waals surface area contributed by atoms with E-state index in [0.717, 1.165) is 33.5 Å². The summed E-state index contributed by atoms with van der Waals surface area (Å²) in [6, 6.07) is 12.0. The van der Waals surface area contributed by atoms with Gasteiger partial charge in [-0.05, 0) is 61.2 Å². The number of carbonyl (C=O) groups is 1. The number of nitrogens with zero attached hydrogens (tertiary/aromatic N) is 1. The molecule has 3 rings (SSSR count). The molecule has 6 heteroatoms. The smallest absolute Gasteiger partial charge is 0.264 e. The molecule has 3 aromatic rings. The van der Waals surface area contributed by atoms with Gasteiger partial charge in [0.05, 0.1) is 5.69 Å². The minimum absolute atomic E-state index is 0.0484. The van der Waals surface area contributed by atoms with Crippen LogP contribution < -0.4 is 10.1 Å². The lowest BCUT2D eigenvalue weighted by Crippen LogP contribution is -2.20. The van der Waals surface area contributed by atoms with E-state index in [1.165, 1.54) is 22.5 Å². The number of hydrogen-bond donors (Lipinski definition) is 1. The lowest BCUT2D eigenvalue weighted by atomic mass is 10.1. The molecule has 0 aliphatic rings. The molecular formula is C21H21BrN2O2S. The first-order valence-electron chi connectivity index (χ1n) is 8.70. The van der Waals surface area contributed by atoms with Crippen LogP contribution in [0.1, 0.15) is 23.6 Å². The molecule has 0 atom stereocenters. The number of thiazole rings is 1. The highest BCUT2D eigenvalue weighted by Crippen LogP contribution is 2.27. The van der Waals surface area contributed by atoms with Crippen molar-refractivity contribution in [1.82, 2.24) is 4.98 Å². The first-order chi connectivity index (χ1) is 13.0. The molecule has 0 saturated heterocycles. The summed E-state index contributed by atoms with van der Waals surface area (Å²) in [5.74, 6) is 0.506. The maximum atomic E-state index is 12.2. The van der Waals surface area contributed by atoms with Gasteiger partial charge in [0.25, 0.3) is 5.91 Å². The average Bonchev–Trinajstić information content (AvgIpc) is 3.11. The first-order valence-corrected chi connectivity index (χ1v) is 10.4. The third-order valence-electron chi connectivity index (χ3n) is 4.32. The molecule has 0 spiro atoms. The third-order valence-corrected chi connectivity index (χ3v) is 5.57. The summed E-state index contributed by atoms with van der Waals surface area (Å²) in [7, 11) is 0. The molecule has 0 unspecified atom stereocenters. The Balaban J connectivity index is 1.62. The van der Waals surface area contributed by atoms with Crippen molar-refractivity contribution in [3.8, 4) is 17.0 Å². The normalized spacial score (nSPS) is 10.7. The SMILES string of the molecule is CCc1cc(Br)ccc1OCC(=O)Nc1nc(-c2ccc(C)c(C)c2)cs1. The predicted octanol–water partition coefficient (Wildman–Crippen LogP) is 5.77. The van der Waals surface area contributed by atoms with E-state index in [4.69, 9.17) is 4.74 Å². The number of hydrogen-bond acceptors (Lipinski definition) is 4. The zero-order chi connectivity index (χ0) is 19.4. The van der Waals surface area contributed by atoms with Crippen molar-refractivity contribution in [2.45, 2.75) is 27.2 Å². The van der Waals surface area contributed by atoms with Crippen LogP contribution in [0, 0.1) is 13.8 Å². The average molecular weight is 445 g/mol. The molecule has 4 nitrogen and oxygen atoms in total. The third kappa shape index (κ3) is 4.96. The lowest BCUT2D eigenvalue weighted by molar-refractivity contribution is -0.118. The Hall–Kier alpha value is -2.18. The quantitative estimate of drug-likeness (QED) is 0.524. The van der Waals surface area contributed by atoms with E-state index in [-0.39, 0.29) is 12.5 Å². The van der Waals surface area contributed by atoms with Crippen LogP contribution in [-0.4, -0.2) is 17.5 Å². The molecule has 1 N–H and O–H groups in total. The first kappa shape index (κ1) is 19.6. The summed E-state index contributed by atoms with van der Waals surface area (Å²) in [6.45, 7) is 6.17. The van der Waals surface area contributed by atoms with Gasteiger partial charge in [-0.2, -0.15) is 0 Å². The van der Waals surface area contributed by atoms with Crippen molar-refractivity contribution in [3.05, 3.63) is 62.9 Å². The van der Waals surface area contributed by atoms with Crippen molar-refractivity contribution >= 4 is 38.3 Å². The zero-order valence-corrected chi connectivity index (χ0v) is 17.9. The topological polar surface area (TPSA) is 51.2 Å². The maximum absolute atomic E-state index is 12.2. The summed E-state index contributed by atoms with van der Waals surface area (Å²) in [6.07, 6.45) is 0.836. The van der Waals surface area contributed by atoms with Crippen LogP contribution in [0.25, 0.3) is 11.3 Å². The minimum atomic E-state index is -0.221. The van der Waals surface area contributed by atoms with Gasteiger partial charge in [0.15, 0.2) is 11.7 Å². The highest BCUT2D eigenvalue weighted by Gasteiger charge is 2.11. The van der Waals surface area contributed by atoms with Gasteiger partial charge >= 0.3 is 0 Å². The Morgan fingerprint density at radius 2 is 2.00 bits per heavy atom. The second kappa shape index (κ2) is 8.67. The second-order valence-corrected chi connectivity index (χ2v) is 8.05. The number of carbonyl (C=O) groups excluding carboxylic acids is 1. The molecule has 0 aliphatic heterocycles. The lowest BCUT2D eigenvalue weighted by Gasteiger charge is -2.10. The van der Waals surface area contributed by atoms with E-state index < -0.39 is 0 Å². The highest BCUT2D eigenvalue weighted by molar-refractivity contribution is 9.10. The van der Waals surface area contributed by atoms with E-state index in [9.17, 15) is 4.79 Å². The summed E-state index contributed by atoms with van der Waals surface area (Å²) in [5.41, 5.74) is 5.44. The number of anilines is 1. The van der Waals surface area contributed by atoms with Gasteiger partial charge in [-0.1, -0.05) is 35.0 Å². The Morgan fingerprint density at radius 1 is 1.19 bits per heavy atom. The number of rotatable bonds is 6. The fourth-order valence-corrected chi connectivity index (χ4v) is 3.77. The van der Waals surface area contributed by atoms with Crippen LogP contribution in [0.3, 0.4) is 0 Å². The van der Waals surface area contributed by atoms with E-state index in [0.29, 0.717) is 5.13 Å². The summed E-state index contributed by atoms with van der Waals surface area (Å²) >= 11 is 4.86. The van der Waals surface area contributed by atoms with Crippen molar-refractivity contribution in [1.29, 1.82) is 0 Å². The van der Waals surface area contributed by atoms with Crippen molar-refractivity contribution in [2.75, 3.05) is 11.9 Å². The molecular weight excluding hydrogens is 424 g/mol. The van der Waals surface area contributed by atoms with E-state index in [1.54, 1.807) is 0 Å². The molecule has 1 aromatic heterocycles. The number of benzene rings is 2. The summed E-state index contributed by atoms with van der Waals surface area (Å²) in [5, 5.41) is 5.33. The van der Waals surface area contributed by atoms with Crippen LogP contribution >= 0.6 is 27.3 Å². The molecule has 2 aromatic carbocycles. The molecule has 0 radical (unpaired) electrons. The van der Waals surface area contributed by atoms with Crippen molar-refractivity contribution < 1.29 is 9.53 Å². The summed E-state index contributed by atoms with van der Waals surface area (Å²) < 4.78 is 6.68. The molecule has 1 amide bonds. The van der Waals surface area contributed by atoms with E-state index >= 15 is 0 Å². The monoisotopic (exact) mass is 444 g/mol. The number of aryl methyl sites for hydroxylation is 3. The molecule has 0 fully saturated rings. The number of aromatic nitrogens is 1.